The Morgan fingerprint density at radius 3 is 2.43 bits per heavy atom. The van der Waals surface area contributed by atoms with Crippen LogP contribution in [0.25, 0.3) is 27.8 Å². The Balaban J connectivity index is 1.49. The molecule has 3 heterocycles. The van der Waals surface area contributed by atoms with Crippen molar-refractivity contribution in [1.29, 1.82) is 0 Å². The van der Waals surface area contributed by atoms with Crippen LogP contribution in [0.2, 0.25) is 0 Å². The van der Waals surface area contributed by atoms with Crippen molar-refractivity contribution in [3.8, 4) is 16.9 Å². The van der Waals surface area contributed by atoms with Gasteiger partial charge in [0.15, 0.2) is 0 Å². The Morgan fingerprint density at radius 2 is 1.67 bits per heavy atom. The van der Waals surface area contributed by atoms with E-state index in [9.17, 15) is 4.79 Å². The molecule has 0 aliphatic rings. The lowest BCUT2D eigenvalue weighted by atomic mass is 10.0. The quantitative estimate of drug-likeness (QED) is 0.480. The Hall–Kier alpha value is -4.32. The van der Waals surface area contributed by atoms with E-state index >= 15 is 0 Å². The smallest absolute Gasteiger partial charge is 0.256 e. The monoisotopic (exact) mass is 391 g/mol. The zero-order valence-electron chi connectivity index (χ0n) is 15.9. The maximum atomic E-state index is 13.2. The molecule has 144 valence electrons. The van der Waals surface area contributed by atoms with Crippen LogP contribution in [0.3, 0.4) is 0 Å². The first-order valence-corrected chi connectivity index (χ1v) is 9.48. The van der Waals surface area contributed by atoms with Crippen LogP contribution in [0.15, 0.2) is 97.8 Å². The fourth-order valence-electron chi connectivity index (χ4n) is 3.36. The van der Waals surface area contributed by atoms with Gasteiger partial charge in [-0.3, -0.25) is 9.78 Å². The molecule has 0 saturated carbocycles. The topological polar surface area (TPSA) is 72.7 Å². The number of amides is 1. The third-order valence-electron chi connectivity index (χ3n) is 4.86. The molecule has 0 unspecified atom stereocenters. The minimum atomic E-state index is -0.181. The van der Waals surface area contributed by atoms with Gasteiger partial charge >= 0.3 is 0 Å². The molecule has 0 spiro atoms. The predicted molar refractivity (Wildman–Crippen MR) is 116 cm³/mol. The first kappa shape index (κ1) is 17.8. The maximum absolute atomic E-state index is 13.2. The normalized spacial score (nSPS) is 10.8. The summed E-state index contributed by atoms with van der Waals surface area (Å²) in [6.45, 7) is 0. The molecule has 1 N–H and O–H groups in total. The van der Waals surface area contributed by atoms with E-state index in [1.54, 1.807) is 24.9 Å². The summed E-state index contributed by atoms with van der Waals surface area (Å²) in [5.41, 5.74) is 4.68. The number of hydrogen-bond acceptors (Lipinski definition) is 4. The first-order chi connectivity index (χ1) is 14.8. The molecule has 3 aromatic heterocycles. The van der Waals surface area contributed by atoms with Crippen molar-refractivity contribution in [1.82, 2.24) is 19.5 Å². The standard InChI is InChI=1S/C24H17N5O/c30-24(27-18-5-7-19(8-6-18)29-14-13-26-16-29)21-15-23(17-9-11-25-12-10-17)28-22-4-2-1-3-20(21)22/h1-16H,(H,27,30). The summed E-state index contributed by atoms with van der Waals surface area (Å²) in [5, 5.41) is 3.81. The molecule has 0 radical (unpaired) electrons. The van der Waals surface area contributed by atoms with Crippen molar-refractivity contribution in [3.05, 3.63) is 103 Å². The lowest BCUT2D eigenvalue weighted by Crippen LogP contribution is -2.13. The van der Waals surface area contributed by atoms with Gasteiger partial charge in [-0.2, -0.15) is 0 Å². The number of carbonyl (C=O) groups is 1. The summed E-state index contributed by atoms with van der Waals surface area (Å²) in [4.78, 5) is 26.0. The van der Waals surface area contributed by atoms with Crippen LogP contribution in [0.5, 0.6) is 0 Å². The molecule has 6 heteroatoms. The fourth-order valence-corrected chi connectivity index (χ4v) is 3.36. The number of pyridine rings is 2. The van der Waals surface area contributed by atoms with Crippen LogP contribution in [0.4, 0.5) is 5.69 Å². The van der Waals surface area contributed by atoms with Crippen LogP contribution in [0.1, 0.15) is 10.4 Å². The number of rotatable bonds is 4. The highest BCUT2D eigenvalue weighted by molar-refractivity contribution is 6.13. The van der Waals surface area contributed by atoms with Gasteiger partial charge in [-0.15, -0.1) is 0 Å². The highest BCUT2D eigenvalue weighted by Gasteiger charge is 2.14. The molecule has 30 heavy (non-hydrogen) atoms. The predicted octanol–water partition coefficient (Wildman–Crippen LogP) is 4.73. The van der Waals surface area contributed by atoms with Gasteiger partial charge in [-0.05, 0) is 48.5 Å². The van der Waals surface area contributed by atoms with Gasteiger partial charge in [0.25, 0.3) is 5.91 Å². The molecule has 6 nitrogen and oxygen atoms in total. The Bertz CT molecular complexity index is 1310. The van der Waals surface area contributed by atoms with Crippen molar-refractivity contribution < 1.29 is 4.79 Å². The van der Waals surface area contributed by atoms with Crippen LogP contribution in [0, 0.1) is 0 Å². The number of carbonyl (C=O) groups excluding carboxylic acids is 1. The molecule has 0 bridgehead atoms. The fraction of sp³-hybridized carbons (Fsp3) is 0. The summed E-state index contributed by atoms with van der Waals surface area (Å²) in [7, 11) is 0. The molecular formula is C24H17N5O. The van der Waals surface area contributed by atoms with Gasteiger partial charge in [0.2, 0.25) is 0 Å². The molecule has 2 aromatic carbocycles. The van der Waals surface area contributed by atoms with E-state index in [2.05, 4.69) is 15.3 Å². The van der Waals surface area contributed by atoms with Crippen LogP contribution < -0.4 is 5.32 Å². The second-order valence-corrected chi connectivity index (χ2v) is 6.78. The van der Waals surface area contributed by atoms with Crippen molar-refractivity contribution in [3.63, 3.8) is 0 Å². The molecule has 0 saturated heterocycles. The summed E-state index contributed by atoms with van der Waals surface area (Å²) < 4.78 is 1.91. The lowest BCUT2D eigenvalue weighted by molar-refractivity contribution is 0.102. The van der Waals surface area contributed by atoms with Gasteiger partial charge in [-0.25, -0.2) is 9.97 Å². The van der Waals surface area contributed by atoms with Gasteiger partial charge < -0.3 is 9.88 Å². The number of para-hydroxylation sites is 1. The average Bonchev–Trinajstić information content (AvgIpc) is 3.34. The number of nitrogens with one attached hydrogen (secondary N) is 1. The first-order valence-electron chi connectivity index (χ1n) is 9.48. The van der Waals surface area contributed by atoms with E-state index < -0.39 is 0 Å². The molecule has 5 rings (SSSR count). The number of hydrogen-bond donors (Lipinski definition) is 1. The summed E-state index contributed by atoms with van der Waals surface area (Å²) >= 11 is 0. The number of anilines is 1. The number of benzene rings is 2. The van der Waals surface area contributed by atoms with Crippen molar-refractivity contribution in [2.45, 2.75) is 0 Å². The van der Waals surface area contributed by atoms with E-state index in [1.807, 2.05) is 77.5 Å². The highest BCUT2D eigenvalue weighted by atomic mass is 16.1. The van der Waals surface area contributed by atoms with Crippen LogP contribution >= 0.6 is 0 Å². The third kappa shape index (κ3) is 3.42. The van der Waals surface area contributed by atoms with Crippen molar-refractivity contribution in [2.24, 2.45) is 0 Å². The zero-order chi connectivity index (χ0) is 20.3. The van der Waals surface area contributed by atoms with E-state index in [0.29, 0.717) is 5.56 Å². The molecule has 0 atom stereocenters. The van der Waals surface area contributed by atoms with Gasteiger partial charge in [0.1, 0.15) is 0 Å². The lowest BCUT2D eigenvalue weighted by Gasteiger charge is -2.11. The van der Waals surface area contributed by atoms with Crippen molar-refractivity contribution in [2.75, 3.05) is 5.32 Å². The second-order valence-electron chi connectivity index (χ2n) is 6.78. The molecule has 1 amide bonds. The minimum absolute atomic E-state index is 0.181. The Morgan fingerprint density at radius 1 is 0.867 bits per heavy atom. The molecule has 0 aliphatic carbocycles. The third-order valence-corrected chi connectivity index (χ3v) is 4.86. The SMILES string of the molecule is O=C(Nc1ccc(-n2ccnc2)cc1)c1cc(-c2ccncc2)nc2ccccc12. The summed E-state index contributed by atoms with van der Waals surface area (Å²) in [6.07, 6.45) is 8.76. The van der Waals surface area contributed by atoms with Gasteiger partial charge in [0.05, 0.1) is 23.1 Å². The van der Waals surface area contributed by atoms with Crippen LogP contribution in [-0.4, -0.2) is 25.4 Å². The van der Waals surface area contributed by atoms with Crippen molar-refractivity contribution >= 4 is 22.5 Å². The molecule has 0 fully saturated rings. The second kappa shape index (κ2) is 7.60. The number of nitrogens with zero attached hydrogens (tertiary/aromatic N) is 4. The van der Waals surface area contributed by atoms with E-state index in [1.165, 1.54) is 0 Å². The highest BCUT2D eigenvalue weighted by Crippen LogP contribution is 2.25. The molecule has 5 aromatic rings. The number of imidazole rings is 1. The largest absolute Gasteiger partial charge is 0.322 e. The molecule has 0 aliphatic heterocycles. The maximum Gasteiger partial charge on any atom is 0.256 e. The Labute approximate surface area is 172 Å². The van der Waals surface area contributed by atoms with Gasteiger partial charge in [0, 0.05) is 47.1 Å². The van der Waals surface area contributed by atoms with Crippen LogP contribution in [-0.2, 0) is 0 Å². The minimum Gasteiger partial charge on any atom is -0.322 e. The summed E-state index contributed by atoms with van der Waals surface area (Å²) in [6, 6.07) is 20.9. The number of aromatic nitrogens is 4. The van der Waals surface area contributed by atoms with E-state index in [0.717, 1.165) is 33.5 Å². The Kier molecular flexibility index (Phi) is 4.50. The van der Waals surface area contributed by atoms with Gasteiger partial charge in [-0.1, -0.05) is 18.2 Å². The molecular weight excluding hydrogens is 374 g/mol. The zero-order valence-corrected chi connectivity index (χ0v) is 15.9. The van der Waals surface area contributed by atoms with E-state index in [-0.39, 0.29) is 5.91 Å². The number of fused-ring (bicyclic) bond motifs is 1. The summed E-state index contributed by atoms with van der Waals surface area (Å²) in [5.74, 6) is -0.181. The van der Waals surface area contributed by atoms with E-state index in [4.69, 9.17) is 4.98 Å². The average molecular weight is 391 g/mol.